The molecule has 0 bridgehead atoms. The summed E-state index contributed by atoms with van der Waals surface area (Å²) in [5.41, 5.74) is 15.9. The van der Waals surface area contributed by atoms with Gasteiger partial charge in [-0.25, -0.2) is 0 Å². The van der Waals surface area contributed by atoms with Crippen LogP contribution in [0.3, 0.4) is 0 Å². The molecule has 3 heteroatoms. The van der Waals surface area contributed by atoms with Crippen LogP contribution in [0.1, 0.15) is 22.7 Å². The van der Waals surface area contributed by atoms with Crippen LogP contribution in [-0.4, -0.2) is 9.13 Å². The van der Waals surface area contributed by atoms with Crippen molar-refractivity contribution in [1.82, 2.24) is 9.13 Å². The number of fused-ring (bicyclic) bond motifs is 6. The maximum absolute atomic E-state index is 2.45. The Bertz CT molecular complexity index is 3040. The van der Waals surface area contributed by atoms with Crippen molar-refractivity contribution in [2.24, 2.45) is 0 Å². The molecule has 0 saturated heterocycles. The molecule has 2 heterocycles. The van der Waals surface area contributed by atoms with Crippen molar-refractivity contribution in [3.05, 3.63) is 229 Å². The van der Waals surface area contributed by atoms with Crippen LogP contribution in [0.4, 0.5) is 17.1 Å². The minimum absolute atomic E-state index is 0.264. The lowest BCUT2D eigenvalue weighted by Gasteiger charge is -2.25. The molecule has 3 nitrogen and oxygen atoms in total. The molecule has 270 valence electrons. The quantitative estimate of drug-likeness (QED) is 0.159. The lowest BCUT2D eigenvalue weighted by atomic mass is 9.86. The van der Waals surface area contributed by atoms with Gasteiger partial charge >= 0.3 is 0 Å². The van der Waals surface area contributed by atoms with Crippen LogP contribution in [-0.2, 0) is 6.42 Å². The summed E-state index contributed by atoms with van der Waals surface area (Å²) < 4.78 is 4.87. The van der Waals surface area contributed by atoms with Crippen molar-refractivity contribution < 1.29 is 0 Å². The maximum atomic E-state index is 2.45. The van der Waals surface area contributed by atoms with E-state index in [0.29, 0.717) is 0 Å². The number of para-hydroxylation sites is 4. The fourth-order valence-corrected chi connectivity index (χ4v) is 9.03. The summed E-state index contributed by atoms with van der Waals surface area (Å²) >= 11 is 0. The van der Waals surface area contributed by atoms with Crippen molar-refractivity contribution in [2.45, 2.75) is 12.3 Å². The standard InChI is InChI=1S/C54H39N3/c1-4-15-38(16-5-1)39-17-14-22-46(35-39)57-52-26-13-11-24-48(52)50-37-41(28-34-54(50)57)40-27-33-53-49(36-40)47-23-10-12-25-51(47)56(53)45-31-29-44(30-32-45)55(42-18-6-2-7-19-42)43-20-8-3-9-21-43/h1-36,41H,37H2. The zero-order valence-corrected chi connectivity index (χ0v) is 31.4. The molecule has 0 saturated carbocycles. The predicted octanol–water partition coefficient (Wildman–Crippen LogP) is 14.2. The minimum Gasteiger partial charge on any atom is -0.311 e. The van der Waals surface area contributed by atoms with Crippen molar-refractivity contribution in [3.63, 3.8) is 0 Å². The zero-order chi connectivity index (χ0) is 37.7. The van der Waals surface area contributed by atoms with Crippen LogP contribution in [0.5, 0.6) is 0 Å². The van der Waals surface area contributed by atoms with Gasteiger partial charge in [0.05, 0.1) is 16.6 Å². The molecule has 1 aliphatic carbocycles. The first-order chi connectivity index (χ1) is 28.3. The number of nitrogens with zero attached hydrogens (tertiary/aromatic N) is 3. The molecule has 8 aromatic carbocycles. The molecule has 11 rings (SSSR count). The number of benzene rings is 8. The average molecular weight is 730 g/mol. The van der Waals surface area contributed by atoms with Crippen LogP contribution in [0.25, 0.3) is 61.3 Å². The highest BCUT2D eigenvalue weighted by atomic mass is 15.1. The van der Waals surface area contributed by atoms with Gasteiger partial charge in [-0.3, -0.25) is 0 Å². The Morgan fingerprint density at radius 3 is 1.70 bits per heavy atom. The summed E-state index contributed by atoms with van der Waals surface area (Å²) in [6.07, 6.45) is 5.73. The van der Waals surface area contributed by atoms with Gasteiger partial charge in [0.15, 0.2) is 0 Å². The minimum atomic E-state index is 0.264. The normalized spacial score (nSPS) is 13.6. The van der Waals surface area contributed by atoms with Gasteiger partial charge in [-0.1, -0.05) is 127 Å². The van der Waals surface area contributed by atoms with Crippen LogP contribution in [0, 0.1) is 0 Å². The fraction of sp³-hybridized carbons (Fsp3) is 0.0370. The Hall–Kier alpha value is -7.36. The molecule has 10 aromatic rings. The average Bonchev–Trinajstić information content (AvgIpc) is 3.80. The van der Waals surface area contributed by atoms with Crippen LogP contribution >= 0.6 is 0 Å². The molecule has 0 radical (unpaired) electrons. The van der Waals surface area contributed by atoms with Gasteiger partial charge in [0.25, 0.3) is 0 Å². The highest BCUT2D eigenvalue weighted by Gasteiger charge is 2.25. The second kappa shape index (κ2) is 13.7. The van der Waals surface area contributed by atoms with Crippen molar-refractivity contribution in [1.29, 1.82) is 0 Å². The first-order valence-corrected chi connectivity index (χ1v) is 19.8. The molecule has 2 aromatic heterocycles. The van der Waals surface area contributed by atoms with E-state index >= 15 is 0 Å². The molecule has 1 unspecified atom stereocenters. The lowest BCUT2D eigenvalue weighted by molar-refractivity contribution is 0.826. The number of rotatable bonds is 7. The van der Waals surface area contributed by atoms with Gasteiger partial charge in [0, 0.05) is 56.2 Å². The topological polar surface area (TPSA) is 13.1 Å². The molecule has 1 aliphatic rings. The van der Waals surface area contributed by atoms with Gasteiger partial charge in [0.2, 0.25) is 0 Å². The van der Waals surface area contributed by atoms with E-state index in [-0.39, 0.29) is 5.92 Å². The molecule has 1 atom stereocenters. The Morgan fingerprint density at radius 2 is 0.982 bits per heavy atom. The predicted molar refractivity (Wildman–Crippen MR) is 240 cm³/mol. The van der Waals surface area contributed by atoms with E-state index in [9.17, 15) is 0 Å². The van der Waals surface area contributed by atoms with Gasteiger partial charge in [-0.2, -0.15) is 0 Å². The summed E-state index contributed by atoms with van der Waals surface area (Å²) in [7, 11) is 0. The zero-order valence-electron chi connectivity index (χ0n) is 31.4. The third-order valence-electron chi connectivity index (χ3n) is 11.7. The second-order valence-corrected chi connectivity index (χ2v) is 15.0. The van der Waals surface area contributed by atoms with Crippen molar-refractivity contribution >= 4 is 55.8 Å². The van der Waals surface area contributed by atoms with Crippen LogP contribution < -0.4 is 4.90 Å². The Kier molecular flexibility index (Phi) is 7.96. The molecule has 0 aliphatic heterocycles. The van der Waals surface area contributed by atoms with Gasteiger partial charge < -0.3 is 14.0 Å². The number of aromatic nitrogens is 2. The summed E-state index contributed by atoms with van der Waals surface area (Å²) in [6.45, 7) is 0. The Morgan fingerprint density at radius 1 is 0.404 bits per heavy atom. The van der Waals surface area contributed by atoms with E-state index in [1.807, 2.05) is 0 Å². The number of hydrogen-bond acceptors (Lipinski definition) is 1. The van der Waals surface area contributed by atoms with Gasteiger partial charge in [0.1, 0.15) is 0 Å². The van der Waals surface area contributed by atoms with Crippen LogP contribution in [0.2, 0.25) is 0 Å². The monoisotopic (exact) mass is 729 g/mol. The van der Waals surface area contributed by atoms with E-state index < -0.39 is 0 Å². The van der Waals surface area contributed by atoms with E-state index in [1.54, 1.807) is 0 Å². The number of allylic oxidation sites excluding steroid dienone is 1. The molecule has 0 spiro atoms. The Balaban J connectivity index is 0.967. The van der Waals surface area contributed by atoms with E-state index in [4.69, 9.17) is 0 Å². The summed E-state index contributed by atoms with van der Waals surface area (Å²) in [4.78, 5) is 2.31. The van der Waals surface area contributed by atoms with Crippen molar-refractivity contribution in [3.8, 4) is 22.5 Å². The summed E-state index contributed by atoms with van der Waals surface area (Å²) in [6, 6.07) is 74.6. The molecule has 0 amide bonds. The highest BCUT2D eigenvalue weighted by molar-refractivity contribution is 6.09. The Labute approximate surface area is 332 Å². The SMILES string of the molecule is C1=CC(c2ccc3c(c2)c2ccccc2n3-c2ccc(N(c3ccccc3)c3ccccc3)cc2)Cc2c1n(-c1cccc(-c3ccccc3)c1)c1ccccc21. The molecular formula is C54H39N3. The molecule has 0 N–H and O–H groups in total. The summed E-state index contributed by atoms with van der Waals surface area (Å²) in [5, 5.41) is 3.87. The highest BCUT2D eigenvalue weighted by Crippen LogP contribution is 2.41. The molecular weight excluding hydrogens is 691 g/mol. The van der Waals surface area contributed by atoms with Gasteiger partial charge in [-0.15, -0.1) is 0 Å². The fourth-order valence-electron chi connectivity index (χ4n) is 9.03. The third kappa shape index (κ3) is 5.67. The van der Waals surface area contributed by atoms with Crippen molar-refractivity contribution in [2.75, 3.05) is 4.90 Å². The van der Waals surface area contributed by atoms with E-state index in [0.717, 1.165) is 29.2 Å². The largest absolute Gasteiger partial charge is 0.311 e. The van der Waals surface area contributed by atoms with E-state index in [2.05, 4.69) is 232 Å². The van der Waals surface area contributed by atoms with Gasteiger partial charge in [-0.05, 0) is 120 Å². The smallest absolute Gasteiger partial charge is 0.0541 e. The second-order valence-electron chi connectivity index (χ2n) is 15.0. The first-order valence-electron chi connectivity index (χ1n) is 19.8. The maximum Gasteiger partial charge on any atom is 0.0541 e. The number of hydrogen-bond donors (Lipinski definition) is 0. The van der Waals surface area contributed by atoms with Crippen LogP contribution in [0.15, 0.2) is 212 Å². The molecule has 57 heavy (non-hydrogen) atoms. The first kappa shape index (κ1) is 33.0. The third-order valence-corrected chi connectivity index (χ3v) is 11.7. The summed E-state index contributed by atoms with van der Waals surface area (Å²) in [5.74, 6) is 0.264. The lowest BCUT2D eigenvalue weighted by Crippen LogP contribution is -2.09. The molecule has 0 fully saturated rings. The van der Waals surface area contributed by atoms with E-state index in [1.165, 1.54) is 66.3 Å². The number of anilines is 3.